The van der Waals surface area contributed by atoms with E-state index in [-0.39, 0.29) is 16.9 Å². The molecule has 1 atom stereocenters. The van der Waals surface area contributed by atoms with Crippen LogP contribution in [0.2, 0.25) is 0 Å². The largest absolute Gasteiger partial charge is 0.449 e. The number of hydrogen-bond acceptors (Lipinski definition) is 5. The summed E-state index contributed by atoms with van der Waals surface area (Å²) in [5.41, 5.74) is 1.56. The summed E-state index contributed by atoms with van der Waals surface area (Å²) in [6, 6.07) is 12.1. The van der Waals surface area contributed by atoms with Gasteiger partial charge in [-0.05, 0) is 68.6 Å². The van der Waals surface area contributed by atoms with E-state index in [2.05, 4.69) is 15.2 Å². The second-order valence-corrected chi connectivity index (χ2v) is 10.9. The lowest BCUT2D eigenvalue weighted by Gasteiger charge is -2.39. The molecule has 6 nitrogen and oxygen atoms in total. The lowest BCUT2D eigenvalue weighted by molar-refractivity contribution is 0.0925. The fourth-order valence-electron chi connectivity index (χ4n) is 5.10. The number of amides is 1. The molecule has 1 amide bonds. The number of carbonyl (C=O) groups excluding carboxylic acids is 1. The van der Waals surface area contributed by atoms with Gasteiger partial charge in [0.15, 0.2) is 11.3 Å². The Labute approximate surface area is 197 Å². The fraction of sp³-hybridized carbons (Fsp3) is 0.462. The average Bonchev–Trinajstić information content (AvgIpc) is 3.32. The standard InChI is InChI=1S/C26H31N3O3S/c30-26(24-16-20-10-13-27-18-25(20)32-24)28-17-19-6-8-22(9-7-19)33(31)23-11-14-29(15-12-23)21-4-2-1-3-5-21/h6-10,13,16,18,21,23H,1-5,11-12,14-15,17H2,(H,28,30). The first-order chi connectivity index (χ1) is 16.2. The van der Waals surface area contributed by atoms with Crippen molar-refractivity contribution in [2.24, 2.45) is 0 Å². The van der Waals surface area contributed by atoms with Crippen molar-refractivity contribution < 1.29 is 13.4 Å². The van der Waals surface area contributed by atoms with Gasteiger partial charge in [0.2, 0.25) is 0 Å². The first-order valence-electron chi connectivity index (χ1n) is 12.0. The van der Waals surface area contributed by atoms with Crippen molar-refractivity contribution in [3.8, 4) is 0 Å². The number of nitrogens with zero attached hydrogens (tertiary/aromatic N) is 2. The van der Waals surface area contributed by atoms with E-state index in [0.717, 1.165) is 47.8 Å². The zero-order chi connectivity index (χ0) is 22.6. The van der Waals surface area contributed by atoms with E-state index in [1.54, 1.807) is 18.5 Å². The first kappa shape index (κ1) is 22.3. The number of aromatic nitrogens is 1. The Morgan fingerprint density at radius 1 is 1.06 bits per heavy atom. The summed E-state index contributed by atoms with van der Waals surface area (Å²) >= 11 is 0. The fourth-order valence-corrected chi connectivity index (χ4v) is 6.53. The Hall–Kier alpha value is -2.51. The first-order valence-corrected chi connectivity index (χ1v) is 13.2. The zero-order valence-corrected chi connectivity index (χ0v) is 19.7. The zero-order valence-electron chi connectivity index (χ0n) is 18.9. The number of piperidine rings is 1. The topological polar surface area (TPSA) is 75.4 Å². The van der Waals surface area contributed by atoms with Crippen LogP contribution in [0.4, 0.5) is 0 Å². The van der Waals surface area contributed by atoms with Crippen LogP contribution in [0.1, 0.15) is 61.1 Å². The average molecular weight is 466 g/mol. The molecule has 1 aliphatic carbocycles. The molecule has 1 unspecified atom stereocenters. The molecular formula is C26H31N3O3S. The van der Waals surface area contributed by atoms with Crippen molar-refractivity contribution >= 4 is 27.7 Å². The van der Waals surface area contributed by atoms with Crippen LogP contribution in [0.25, 0.3) is 11.0 Å². The number of hydrogen-bond donors (Lipinski definition) is 1. The molecule has 1 aromatic carbocycles. The quantitative estimate of drug-likeness (QED) is 0.573. The lowest BCUT2D eigenvalue weighted by Crippen LogP contribution is -2.44. The molecule has 3 heterocycles. The number of furan rings is 1. The third-order valence-corrected chi connectivity index (χ3v) is 8.84. The third kappa shape index (κ3) is 5.20. The molecule has 0 bridgehead atoms. The monoisotopic (exact) mass is 465 g/mol. The van der Waals surface area contributed by atoms with Crippen LogP contribution >= 0.6 is 0 Å². The minimum absolute atomic E-state index is 0.234. The molecule has 1 N–H and O–H groups in total. The number of rotatable bonds is 6. The van der Waals surface area contributed by atoms with Gasteiger partial charge in [-0.1, -0.05) is 31.4 Å². The van der Waals surface area contributed by atoms with Gasteiger partial charge in [0.1, 0.15) is 0 Å². The second-order valence-electron chi connectivity index (χ2n) is 9.18. The molecule has 5 rings (SSSR count). The Kier molecular flexibility index (Phi) is 6.88. The van der Waals surface area contributed by atoms with Crippen molar-refractivity contribution in [3.63, 3.8) is 0 Å². The van der Waals surface area contributed by atoms with Gasteiger partial charge in [-0.2, -0.15) is 0 Å². The van der Waals surface area contributed by atoms with E-state index in [1.165, 1.54) is 32.1 Å². The highest BCUT2D eigenvalue weighted by molar-refractivity contribution is 7.85. The Morgan fingerprint density at radius 2 is 1.82 bits per heavy atom. The van der Waals surface area contributed by atoms with Gasteiger partial charge in [-0.25, -0.2) is 0 Å². The molecule has 33 heavy (non-hydrogen) atoms. The molecule has 7 heteroatoms. The smallest absolute Gasteiger partial charge is 0.287 e. The van der Waals surface area contributed by atoms with Crippen LogP contribution in [-0.4, -0.2) is 44.4 Å². The predicted molar refractivity (Wildman–Crippen MR) is 129 cm³/mol. The number of fused-ring (bicyclic) bond motifs is 1. The van der Waals surface area contributed by atoms with E-state index in [4.69, 9.17) is 4.42 Å². The summed E-state index contributed by atoms with van der Waals surface area (Å²) in [6.07, 6.45) is 12.1. The van der Waals surface area contributed by atoms with Gasteiger partial charge in [0, 0.05) is 34.3 Å². The maximum Gasteiger partial charge on any atom is 0.287 e. The van der Waals surface area contributed by atoms with Crippen molar-refractivity contribution in [1.82, 2.24) is 15.2 Å². The van der Waals surface area contributed by atoms with Gasteiger partial charge in [0.05, 0.1) is 17.0 Å². The summed E-state index contributed by atoms with van der Waals surface area (Å²) in [5.74, 6) is 0.0128. The Bertz CT molecular complexity index is 1080. The molecular weight excluding hydrogens is 434 g/mol. The molecule has 2 aliphatic rings. The lowest BCUT2D eigenvalue weighted by atomic mass is 9.93. The van der Waals surface area contributed by atoms with Crippen molar-refractivity contribution in [1.29, 1.82) is 0 Å². The Morgan fingerprint density at radius 3 is 2.55 bits per heavy atom. The van der Waals surface area contributed by atoms with E-state index >= 15 is 0 Å². The Balaban J connectivity index is 1.12. The van der Waals surface area contributed by atoms with Crippen LogP contribution in [0.5, 0.6) is 0 Å². The SMILES string of the molecule is O=C(NCc1ccc(S(=O)C2CCN(C3CCCCC3)CC2)cc1)c1cc2ccncc2o1. The highest BCUT2D eigenvalue weighted by atomic mass is 32.2. The highest BCUT2D eigenvalue weighted by Crippen LogP contribution is 2.28. The van der Waals surface area contributed by atoms with Crippen LogP contribution in [0.15, 0.2) is 58.1 Å². The third-order valence-electron chi connectivity index (χ3n) is 7.03. The molecule has 1 saturated carbocycles. The van der Waals surface area contributed by atoms with Crippen LogP contribution in [0.3, 0.4) is 0 Å². The summed E-state index contributed by atoms with van der Waals surface area (Å²) in [5, 5.41) is 3.98. The van der Waals surface area contributed by atoms with Crippen LogP contribution in [0, 0.1) is 0 Å². The number of pyridine rings is 1. The minimum Gasteiger partial charge on any atom is -0.449 e. The van der Waals surface area contributed by atoms with Gasteiger partial charge in [0.25, 0.3) is 5.91 Å². The van der Waals surface area contributed by atoms with Crippen molar-refractivity contribution in [2.45, 2.75) is 67.7 Å². The van der Waals surface area contributed by atoms with Crippen molar-refractivity contribution in [3.05, 3.63) is 60.1 Å². The van der Waals surface area contributed by atoms with Crippen LogP contribution < -0.4 is 5.32 Å². The molecule has 1 saturated heterocycles. The van der Waals surface area contributed by atoms with Gasteiger partial charge in [-0.3, -0.25) is 14.0 Å². The van der Waals surface area contributed by atoms with E-state index in [1.807, 2.05) is 30.3 Å². The number of carbonyl (C=O) groups is 1. The van der Waals surface area contributed by atoms with Gasteiger partial charge in [-0.15, -0.1) is 0 Å². The molecule has 0 radical (unpaired) electrons. The summed E-state index contributed by atoms with van der Waals surface area (Å²) in [6.45, 7) is 2.53. The molecule has 2 aromatic heterocycles. The molecule has 3 aromatic rings. The summed E-state index contributed by atoms with van der Waals surface area (Å²) < 4.78 is 18.7. The van der Waals surface area contributed by atoms with Crippen molar-refractivity contribution in [2.75, 3.05) is 13.1 Å². The number of likely N-dealkylation sites (tertiary alicyclic amines) is 1. The normalized spacial score (nSPS) is 19.5. The predicted octanol–water partition coefficient (Wildman–Crippen LogP) is 4.66. The minimum atomic E-state index is -0.984. The van der Waals surface area contributed by atoms with E-state index in [0.29, 0.717) is 12.1 Å². The second kappa shape index (κ2) is 10.2. The molecule has 1 aliphatic heterocycles. The highest BCUT2D eigenvalue weighted by Gasteiger charge is 2.29. The van der Waals surface area contributed by atoms with Crippen LogP contribution in [-0.2, 0) is 17.3 Å². The number of benzene rings is 1. The van der Waals surface area contributed by atoms with Gasteiger partial charge >= 0.3 is 0 Å². The molecule has 174 valence electrons. The maximum atomic E-state index is 13.1. The molecule has 0 spiro atoms. The van der Waals surface area contributed by atoms with Gasteiger partial charge < -0.3 is 14.6 Å². The summed E-state index contributed by atoms with van der Waals surface area (Å²) in [4.78, 5) is 20.0. The number of nitrogens with one attached hydrogen (secondary N) is 1. The van der Waals surface area contributed by atoms with E-state index in [9.17, 15) is 9.00 Å². The molecule has 2 fully saturated rings. The summed E-state index contributed by atoms with van der Waals surface area (Å²) in [7, 11) is -0.984. The maximum absolute atomic E-state index is 13.1. The van der Waals surface area contributed by atoms with E-state index < -0.39 is 10.8 Å².